The highest BCUT2D eigenvalue weighted by atomic mass is 32.2. The summed E-state index contributed by atoms with van der Waals surface area (Å²) >= 11 is 0. The van der Waals surface area contributed by atoms with E-state index < -0.39 is 21.9 Å². The molecule has 1 aromatic carbocycles. The van der Waals surface area contributed by atoms with Crippen LogP contribution in [0.1, 0.15) is 19.3 Å². The van der Waals surface area contributed by atoms with Crippen LogP contribution >= 0.6 is 0 Å². The van der Waals surface area contributed by atoms with Gasteiger partial charge in [-0.1, -0.05) is 0 Å². The fraction of sp³-hybridized carbons (Fsp3) is 0.417. The minimum Gasteiger partial charge on any atom is -0.478 e. The number of carbonyl (C=O) groups is 1. The van der Waals surface area contributed by atoms with Gasteiger partial charge in [-0.05, 0) is 37.5 Å². The van der Waals surface area contributed by atoms with Crippen molar-refractivity contribution in [3.05, 3.63) is 24.0 Å². The summed E-state index contributed by atoms with van der Waals surface area (Å²) in [5, 5.41) is 7.57. The molecule has 1 aromatic rings. The van der Waals surface area contributed by atoms with E-state index in [2.05, 4.69) is 5.32 Å². The minimum atomic E-state index is -3.97. The number of rotatable bonds is 3. The van der Waals surface area contributed by atoms with E-state index in [0.717, 1.165) is 31.0 Å². The second kappa shape index (κ2) is 5.76. The van der Waals surface area contributed by atoms with Gasteiger partial charge in [0, 0.05) is 6.54 Å². The van der Waals surface area contributed by atoms with Crippen molar-refractivity contribution in [1.82, 2.24) is 5.32 Å². The maximum Gasteiger partial charge on any atom is 0.261 e. The first-order valence-corrected chi connectivity index (χ1v) is 7.69. The summed E-state index contributed by atoms with van der Waals surface area (Å²) < 4.78 is 41.3. The Labute approximate surface area is 116 Å². The van der Waals surface area contributed by atoms with Crippen LogP contribution in [-0.2, 0) is 14.8 Å². The van der Waals surface area contributed by atoms with Gasteiger partial charge in [-0.2, -0.15) is 0 Å². The normalized spacial score (nSPS) is 20.1. The highest BCUT2D eigenvalue weighted by Gasteiger charge is 2.24. The van der Waals surface area contributed by atoms with E-state index in [1.807, 2.05) is 0 Å². The summed E-state index contributed by atoms with van der Waals surface area (Å²) in [4.78, 5) is 11.3. The molecule has 0 spiro atoms. The third-order valence-electron chi connectivity index (χ3n) is 2.99. The number of amides is 1. The number of halogens is 1. The van der Waals surface area contributed by atoms with E-state index in [1.54, 1.807) is 0 Å². The van der Waals surface area contributed by atoms with Crippen molar-refractivity contribution in [1.29, 1.82) is 0 Å². The largest absolute Gasteiger partial charge is 0.478 e. The Kier molecular flexibility index (Phi) is 4.24. The molecule has 1 aliphatic heterocycles. The van der Waals surface area contributed by atoms with Crippen molar-refractivity contribution in [2.75, 3.05) is 6.54 Å². The SMILES string of the molecule is NS(=O)(=O)c1ccc(OC2CCCCNC2=O)c(F)c1. The number of nitrogens with one attached hydrogen (secondary N) is 1. The van der Waals surface area contributed by atoms with Crippen LogP contribution < -0.4 is 15.2 Å². The smallest absolute Gasteiger partial charge is 0.261 e. The van der Waals surface area contributed by atoms with Crippen molar-refractivity contribution in [3.8, 4) is 5.75 Å². The lowest BCUT2D eigenvalue weighted by atomic mass is 10.2. The Morgan fingerprint density at radius 3 is 2.75 bits per heavy atom. The lowest BCUT2D eigenvalue weighted by molar-refractivity contribution is -0.127. The van der Waals surface area contributed by atoms with Gasteiger partial charge in [0.1, 0.15) is 0 Å². The molecular formula is C12H15FN2O4S. The third kappa shape index (κ3) is 3.45. The molecule has 8 heteroatoms. The molecule has 0 saturated carbocycles. The van der Waals surface area contributed by atoms with Crippen molar-refractivity contribution < 1.29 is 22.3 Å². The lowest BCUT2D eigenvalue weighted by Gasteiger charge is -2.16. The summed E-state index contributed by atoms with van der Waals surface area (Å²) in [6.07, 6.45) is 1.35. The fourth-order valence-electron chi connectivity index (χ4n) is 1.93. The zero-order valence-corrected chi connectivity index (χ0v) is 11.5. The van der Waals surface area contributed by atoms with Gasteiger partial charge >= 0.3 is 0 Å². The molecule has 1 amide bonds. The second-order valence-electron chi connectivity index (χ2n) is 4.53. The Morgan fingerprint density at radius 2 is 2.10 bits per heavy atom. The number of ether oxygens (including phenoxy) is 1. The van der Waals surface area contributed by atoms with Gasteiger partial charge in [-0.25, -0.2) is 17.9 Å². The van der Waals surface area contributed by atoms with E-state index in [-0.39, 0.29) is 16.6 Å². The van der Waals surface area contributed by atoms with Gasteiger partial charge in [0.05, 0.1) is 4.90 Å². The van der Waals surface area contributed by atoms with E-state index in [1.165, 1.54) is 0 Å². The number of primary sulfonamides is 1. The van der Waals surface area contributed by atoms with Crippen LogP contribution in [0.3, 0.4) is 0 Å². The first-order valence-electron chi connectivity index (χ1n) is 6.14. The maximum absolute atomic E-state index is 13.8. The van der Waals surface area contributed by atoms with Crippen LogP contribution in [0.4, 0.5) is 4.39 Å². The van der Waals surface area contributed by atoms with Crippen molar-refractivity contribution in [2.24, 2.45) is 5.14 Å². The average Bonchev–Trinajstić information content (AvgIpc) is 2.56. The highest BCUT2D eigenvalue weighted by molar-refractivity contribution is 7.89. The number of hydrogen-bond donors (Lipinski definition) is 2. The molecular weight excluding hydrogens is 287 g/mol. The standard InChI is InChI=1S/C12H15FN2O4S/c13-9-7-8(20(14,17)18)4-5-10(9)19-11-3-1-2-6-15-12(11)16/h4-5,7,11H,1-3,6H2,(H,15,16)(H2,14,17,18). The van der Waals surface area contributed by atoms with Crippen LogP contribution in [0.25, 0.3) is 0 Å². The van der Waals surface area contributed by atoms with Gasteiger partial charge < -0.3 is 10.1 Å². The van der Waals surface area contributed by atoms with Crippen molar-refractivity contribution in [3.63, 3.8) is 0 Å². The Hall–Kier alpha value is -1.67. The quantitative estimate of drug-likeness (QED) is 0.850. The monoisotopic (exact) mass is 302 g/mol. The molecule has 1 fully saturated rings. The van der Waals surface area contributed by atoms with Crippen LogP contribution in [-0.4, -0.2) is 27.0 Å². The molecule has 1 aliphatic rings. The van der Waals surface area contributed by atoms with Gasteiger partial charge in [-0.3, -0.25) is 4.79 Å². The van der Waals surface area contributed by atoms with E-state index in [4.69, 9.17) is 9.88 Å². The Bertz CT molecular complexity index is 618. The van der Waals surface area contributed by atoms with Crippen LogP contribution in [0.15, 0.2) is 23.1 Å². The van der Waals surface area contributed by atoms with Crippen LogP contribution in [0.5, 0.6) is 5.75 Å². The zero-order chi connectivity index (χ0) is 14.8. The van der Waals surface area contributed by atoms with Gasteiger partial charge in [0.25, 0.3) is 5.91 Å². The molecule has 2 rings (SSSR count). The average molecular weight is 302 g/mol. The van der Waals surface area contributed by atoms with Gasteiger partial charge in [-0.15, -0.1) is 0 Å². The van der Waals surface area contributed by atoms with E-state index in [0.29, 0.717) is 13.0 Å². The highest BCUT2D eigenvalue weighted by Crippen LogP contribution is 2.23. The molecule has 3 N–H and O–H groups in total. The third-order valence-corrected chi connectivity index (χ3v) is 3.90. The molecule has 20 heavy (non-hydrogen) atoms. The number of carbonyl (C=O) groups excluding carboxylic acids is 1. The van der Waals surface area contributed by atoms with Crippen molar-refractivity contribution >= 4 is 15.9 Å². The number of sulfonamides is 1. The summed E-state index contributed by atoms with van der Waals surface area (Å²) in [6, 6.07) is 3.08. The maximum atomic E-state index is 13.8. The second-order valence-corrected chi connectivity index (χ2v) is 6.09. The molecule has 0 aromatic heterocycles. The Morgan fingerprint density at radius 1 is 1.35 bits per heavy atom. The summed E-state index contributed by atoms with van der Waals surface area (Å²) in [6.45, 7) is 0.575. The minimum absolute atomic E-state index is 0.167. The topological polar surface area (TPSA) is 98.5 Å². The molecule has 1 saturated heterocycles. The first-order chi connectivity index (χ1) is 9.38. The lowest BCUT2D eigenvalue weighted by Crippen LogP contribution is -2.36. The molecule has 6 nitrogen and oxygen atoms in total. The van der Waals surface area contributed by atoms with E-state index in [9.17, 15) is 17.6 Å². The molecule has 0 bridgehead atoms. The number of benzene rings is 1. The summed E-state index contributed by atoms with van der Waals surface area (Å²) in [7, 11) is -3.97. The van der Waals surface area contributed by atoms with E-state index >= 15 is 0 Å². The Balaban J connectivity index is 2.19. The van der Waals surface area contributed by atoms with Gasteiger partial charge in [0.15, 0.2) is 17.7 Å². The summed E-state index contributed by atoms with van der Waals surface area (Å²) in [5.74, 6) is -1.33. The predicted molar refractivity (Wildman–Crippen MR) is 69.0 cm³/mol. The number of nitrogens with two attached hydrogens (primary N) is 1. The van der Waals surface area contributed by atoms with Crippen molar-refractivity contribution in [2.45, 2.75) is 30.3 Å². The molecule has 110 valence electrons. The predicted octanol–water partition coefficient (Wildman–Crippen LogP) is 0.521. The molecule has 1 heterocycles. The molecule has 0 aliphatic carbocycles. The zero-order valence-electron chi connectivity index (χ0n) is 10.6. The van der Waals surface area contributed by atoms with Crippen LogP contribution in [0.2, 0.25) is 0 Å². The summed E-state index contributed by atoms with van der Waals surface area (Å²) in [5.41, 5.74) is 0. The number of hydrogen-bond acceptors (Lipinski definition) is 4. The van der Waals surface area contributed by atoms with Gasteiger partial charge in [0.2, 0.25) is 10.0 Å². The fourth-order valence-corrected chi connectivity index (χ4v) is 2.46. The van der Waals surface area contributed by atoms with Crippen LogP contribution in [0, 0.1) is 5.82 Å². The first kappa shape index (κ1) is 14.7. The molecule has 1 unspecified atom stereocenters. The molecule has 1 atom stereocenters. The molecule has 0 radical (unpaired) electrons.